The number of halogens is 2. The van der Waals surface area contributed by atoms with Gasteiger partial charge in [0, 0.05) is 22.7 Å². The van der Waals surface area contributed by atoms with Gasteiger partial charge in [0.05, 0.1) is 11.6 Å². The minimum atomic E-state index is -0.688. The van der Waals surface area contributed by atoms with Crippen LogP contribution in [0.25, 0.3) is 0 Å². The number of hydrogen-bond donors (Lipinski definition) is 1. The third-order valence-corrected chi connectivity index (χ3v) is 7.38. The maximum Gasteiger partial charge on any atom is 0.404 e. The Hall–Kier alpha value is -2.48. The summed E-state index contributed by atoms with van der Waals surface area (Å²) in [4.78, 5) is 18.8. The third-order valence-electron chi connectivity index (χ3n) is 6.81. The zero-order chi connectivity index (χ0) is 27.3. The van der Waals surface area contributed by atoms with Crippen molar-refractivity contribution in [2.45, 2.75) is 58.0 Å². The van der Waals surface area contributed by atoms with Gasteiger partial charge in [-0.15, -0.1) is 0 Å². The van der Waals surface area contributed by atoms with Crippen LogP contribution in [0.1, 0.15) is 63.0 Å². The highest BCUT2D eigenvalue weighted by Gasteiger charge is 2.24. The topological polar surface area (TPSA) is 86.4 Å². The molecule has 0 aliphatic carbocycles. The van der Waals surface area contributed by atoms with Crippen LogP contribution in [0.2, 0.25) is 10.0 Å². The zero-order valence-electron chi connectivity index (χ0n) is 22.3. The Kier molecular flexibility index (Phi) is 12.5. The molecule has 7 nitrogen and oxygen atoms in total. The lowest BCUT2D eigenvalue weighted by Crippen LogP contribution is -2.41. The predicted octanol–water partition coefficient (Wildman–Crippen LogP) is 6.92. The molecule has 2 aromatic carbocycles. The molecule has 1 fully saturated rings. The summed E-state index contributed by atoms with van der Waals surface area (Å²) in [6.07, 6.45) is 6.66. The van der Waals surface area contributed by atoms with Gasteiger partial charge in [0.1, 0.15) is 24.7 Å². The maximum absolute atomic E-state index is 11.3. The predicted molar refractivity (Wildman–Crippen MR) is 153 cm³/mol. The number of amides is 1. The number of ether oxygens (including phenoxy) is 2. The van der Waals surface area contributed by atoms with E-state index in [1.165, 1.54) is 20.0 Å². The number of benzene rings is 2. The molecule has 1 aliphatic heterocycles. The van der Waals surface area contributed by atoms with Crippen molar-refractivity contribution >= 4 is 35.0 Å². The molecular formula is C29H39Cl2N3O4. The molecule has 0 aromatic heterocycles. The monoisotopic (exact) mass is 563 g/mol. The Morgan fingerprint density at radius 2 is 1.84 bits per heavy atom. The molecule has 1 atom stereocenters. The SMILES string of the molecule is CCCCCC[C@H](CN1CCC(COc2ccc(C(=NOC)c3ccc(Cl)cc3)c(Cl)c2)CC1)OC(N)=O. The second-order valence-electron chi connectivity index (χ2n) is 9.73. The van der Waals surface area contributed by atoms with Gasteiger partial charge < -0.3 is 20.0 Å². The molecule has 38 heavy (non-hydrogen) atoms. The van der Waals surface area contributed by atoms with Crippen LogP contribution in [0, 0.1) is 5.92 Å². The molecule has 1 aliphatic rings. The highest BCUT2D eigenvalue weighted by Crippen LogP contribution is 2.27. The number of rotatable bonds is 14. The summed E-state index contributed by atoms with van der Waals surface area (Å²) in [6, 6.07) is 13.0. The number of carbonyl (C=O) groups is 1. The van der Waals surface area contributed by atoms with E-state index in [4.69, 9.17) is 43.2 Å². The summed E-state index contributed by atoms with van der Waals surface area (Å²) in [5, 5.41) is 5.36. The minimum Gasteiger partial charge on any atom is -0.493 e. The van der Waals surface area contributed by atoms with Gasteiger partial charge in [0.25, 0.3) is 0 Å². The number of nitrogens with two attached hydrogens (primary N) is 1. The molecule has 1 heterocycles. The van der Waals surface area contributed by atoms with Crippen LogP contribution in [-0.2, 0) is 9.57 Å². The van der Waals surface area contributed by atoms with Crippen LogP contribution in [0.3, 0.4) is 0 Å². The first-order valence-electron chi connectivity index (χ1n) is 13.4. The second kappa shape index (κ2) is 15.8. The third kappa shape index (κ3) is 9.68. The molecule has 2 N–H and O–H groups in total. The molecule has 3 rings (SSSR count). The first kappa shape index (κ1) is 30.1. The number of primary amides is 1. The van der Waals surface area contributed by atoms with E-state index < -0.39 is 6.09 Å². The van der Waals surface area contributed by atoms with Crippen LogP contribution < -0.4 is 10.5 Å². The average Bonchev–Trinajstić information content (AvgIpc) is 2.90. The lowest BCUT2D eigenvalue weighted by molar-refractivity contribution is 0.0537. The first-order chi connectivity index (χ1) is 18.4. The van der Waals surface area contributed by atoms with Crippen LogP contribution in [0.5, 0.6) is 5.75 Å². The van der Waals surface area contributed by atoms with Gasteiger partial charge in [-0.2, -0.15) is 0 Å². The molecule has 0 spiro atoms. The van der Waals surface area contributed by atoms with Gasteiger partial charge in [-0.1, -0.05) is 66.7 Å². The van der Waals surface area contributed by atoms with Crippen molar-refractivity contribution in [3.63, 3.8) is 0 Å². The molecule has 208 valence electrons. The number of likely N-dealkylation sites (tertiary alicyclic amines) is 1. The molecule has 2 aromatic rings. The highest BCUT2D eigenvalue weighted by atomic mass is 35.5. The van der Waals surface area contributed by atoms with Gasteiger partial charge in [-0.3, -0.25) is 4.90 Å². The van der Waals surface area contributed by atoms with Crippen LogP contribution in [0.15, 0.2) is 47.6 Å². The zero-order valence-corrected chi connectivity index (χ0v) is 23.8. The van der Waals surface area contributed by atoms with Crippen LogP contribution in [0.4, 0.5) is 4.79 Å². The summed E-state index contributed by atoms with van der Waals surface area (Å²) in [5.41, 5.74) is 7.53. The van der Waals surface area contributed by atoms with E-state index in [9.17, 15) is 4.79 Å². The largest absolute Gasteiger partial charge is 0.493 e. The van der Waals surface area contributed by atoms with E-state index in [1.807, 2.05) is 30.3 Å². The number of nitrogens with zero attached hydrogens (tertiary/aromatic N) is 2. The molecule has 0 saturated carbocycles. The van der Waals surface area contributed by atoms with Crippen molar-refractivity contribution in [2.75, 3.05) is 33.4 Å². The molecule has 1 saturated heterocycles. The summed E-state index contributed by atoms with van der Waals surface area (Å²) in [6.45, 7) is 5.43. The fourth-order valence-corrected chi connectivity index (χ4v) is 5.11. The minimum absolute atomic E-state index is 0.141. The van der Waals surface area contributed by atoms with E-state index in [0.717, 1.165) is 68.6 Å². The molecule has 0 radical (unpaired) electrons. The van der Waals surface area contributed by atoms with Gasteiger partial charge >= 0.3 is 6.09 Å². The van der Waals surface area contributed by atoms with E-state index in [2.05, 4.69) is 17.0 Å². The van der Waals surface area contributed by atoms with Gasteiger partial charge in [0.2, 0.25) is 0 Å². The standard InChI is InChI=1S/C29H39Cl2N3O4/c1-3-4-5-6-7-25(38-29(32)35)19-34-16-14-21(15-17-34)20-37-24-12-13-26(27(31)18-24)28(33-36-2)22-8-10-23(30)11-9-22/h8-13,18,21,25H,3-7,14-17,19-20H2,1-2H3,(H2,32,35)/t25-/m1/s1. The van der Waals surface area contributed by atoms with E-state index in [0.29, 0.717) is 28.3 Å². The Morgan fingerprint density at radius 1 is 1.11 bits per heavy atom. The van der Waals surface area contributed by atoms with E-state index in [-0.39, 0.29) is 6.10 Å². The Bertz CT molecular complexity index is 1040. The Morgan fingerprint density at radius 3 is 2.47 bits per heavy atom. The van der Waals surface area contributed by atoms with Crippen molar-refractivity contribution in [2.24, 2.45) is 16.8 Å². The number of oxime groups is 1. The maximum atomic E-state index is 11.3. The number of unbranched alkanes of at least 4 members (excludes halogenated alkanes) is 3. The summed E-state index contributed by atoms with van der Waals surface area (Å²) >= 11 is 12.7. The Balaban J connectivity index is 1.50. The fraction of sp³-hybridized carbons (Fsp3) is 0.517. The van der Waals surface area contributed by atoms with Gasteiger partial charge in [0.15, 0.2) is 0 Å². The van der Waals surface area contributed by atoms with Crippen LogP contribution >= 0.6 is 23.2 Å². The summed E-state index contributed by atoms with van der Waals surface area (Å²) in [5.74, 6) is 1.17. The number of hydrogen-bond acceptors (Lipinski definition) is 6. The number of carbonyl (C=O) groups excluding carboxylic acids is 1. The number of piperidine rings is 1. The first-order valence-corrected chi connectivity index (χ1v) is 14.1. The van der Waals surface area contributed by atoms with E-state index in [1.54, 1.807) is 12.1 Å². The summed E-state index contributed by atoms with van der Waals surface area (Å²) in [7, 11) is 1.51. The van der Waals surface area contributed by atoms with Gasteiger partial charge in [-0.25, -0.2) is 4.79 Å². The molecule has 9 heteroatoms. The van der Waals surface area contributed by atoms with Gasteiger partial charge in [-0.05, 0) is 75.0 Å². The molecule has 0 bridgehead atoms. The molecule has 0 unspecified atom stereocenters. The van der Waals surface area contributed by atoms with E-state index >= 15 is 0 Å². The van der Waals surface area contributed by atoms with Crippen molar-refractivity contribution in [1.29, 1.82) is 0 Å². The van der Waals surface area contributed by atoms with Crippen molar-refractivity contribution in [3.05, 3.63) is 63.6 Å². The van der Waals surface area contributed by atoms with Crippen LogP contribution in [-0.4, -0.2) is 56.2 Å². The molecule has 1 amide bonds. The molecular weight excluding hydrogens is 525 g/mol. The lowest BCUT2D eigenvalue weighted by Gasteiger charge is -2.33. The summed E-state index contributed by atoms with van der Waals surface area (Å²) < 4.78 is 11.5. The van der Waals surface area contributed by atoms with Crippen molar-refractivity contribution < 1.29 is 19.1 Å². The average molecular weight is 565 g/mol. The normalized spacial score (nSPS) is 15.7. The quantitative estimate of drug-likeness (QED) is 0.153. The van der Waals surface area contributed by atoms with Crippen molar-refractivity contribution in [1.82, 2.24) is 4.90 Å². The second-order valence-corrected chi connectivity index (χ2v) is 10.6. The lowest BCUT2D eigenvalue weighted by atomic mass is 9.97. The highest BCUT2D eigenvalue weighted by molar-refractivity contribution is 6.35. The fourth-order valence-electron chi connectivity index (χ4n) is 4.72. The van der Waals surface area contributed by atoms with Crippen molar-refractivity contribution in [3.8, 4) is 5.75 Å². The smallest absolute Gasteiger partial charge is 0.404 e. The Labute approximate surface area is 236 Å².